The van der Waals surface area contributed by atoms with Crippen LogP contribution in [0.2, 0.25) is 0 Å². The number of nitrogens with zero attached hydrogens (tertiary/aromatic N) is 6. The molecule has 9 nitrogen and oxygen atoms in total. The Morgan fingerprint density at radius 3 is 0.811 bits per heavy atom. The van der Waals surface area contributed by atoms with Crippen LogP contribution in [0, 0.1) is 62.3 Å². The molecule has 799 valence electrons. The molecule has 3 atom stereocenters. The van der Waals surface area contributed by atoms with Crippen LogP contribution in [0.25, 0.3) is 50.5 Å². The number of allylic oxidation sites excluding steroid dienone is 5. The minimum absolute atomic E-state index is 0. The standard InChI is InChI=1S/C41H48N2O.2C37H46N2O.3C5H10.6CH3.Cu.2Ti/c1-4-42(5-2)35-25-22-34(38(44)29-35)24-27-39-41(3,30-32-18-7-6-8-19-32)40-36-21-12-11-20-33(36)23-26-37(40)43(39)28-14-13-17-31-15-9-10-16-31;2*1-5-25-37(4)35(24-21-30-19-22-31(27-34(30)40)38(6-2)7-3)39(26-13-12-16-28-14-8-9-15-28)33-23-20-29-17-10-11-18-32(29)36(33)37;3*1-2-4-5-3-1;;;;;;;;;/h6-8,11-12,18-27,29,31H,4-5,9-10,13-17,28,30H2,1-3H3;2*5,10-11,17-24,27-28H,1,6-9,12-16,25-26H2,2-4H3;3*1-5H2;6*1H3;;;/q;;;;;;6*-1;3*+2/p+3. The van der Waals surface area contributed by atoms with Crippen LogP contribution in [-0.4, -0.2) is 105 Å². The van der Waals surface area contributed by atoms with E-state index in [1.54, 1.807) is 0 Å². The van der Waals surface area contributed by atoms with E-state index in [0.717, 1.165) is 130 Å². The van der Waals surface area contributed by atoms with Gasteiger partial charge in [-0.1, -0.05) is 308 Å². The van der Waals surface area contributed by atoms with Crippen molar-refractivity contribution in [2.45, 2.75) is 329 Å². The van der Waals surface area contributed by atoms with Crippen LogP contribution in [0.4, 0.5) is 34.1 Å². The molecule has 10 aromatic carbocycles. The zero-order valence-corrected chi connectivity index (χ0v) is 98.6. The number of phenolic OH excluding ortho intramolecular Hbond substituents is 3. The summed E-state index contributed by atoms with van der Waals surface area (Å²) < 4.78 is 7.74. The van der Waals surface area contributed by atoms with Crippen molar-refractivity contribution < 1.29 is 89.6 Å². The molecular weight excluding hydrogens is 1920 g/mol. The van der Waals surface area contributed by atoms with Gasteiger partial charge in [0.2, 0.25) is 17.1 Å². The van der Waals surface area contributed by atoms with Crippen LogP contribution < -0.4 is 14.7 Å². The fraction of sp³-hybridized carbons (Fsp3) is 0.463. The molecule has 0 amide bonds. The second-order valence-electron chi connectivity index (χ2n) is 42.3. The largest absolute Gasteiger partial charge is 2.00 e. The van der Waals surface area contributed by atoms with Crippen molar-refractivity contribution in [3.8, 4) is 17.2 Å². The first kappa shape index (κ1) is 130. The summed E-state index contributed by atoms with van der Waals surface area (Å²) in [5.41, 5.74) is 18.6. The Bertz CT molecular complexity index is 5580. The summed E-state index contributed by atoms with van der Waals surface area (Å²) in [6.45, 7) is 37.0. The van der Waals surface area contributed by atoms with Gasteiger partial charge in [0.15, 0.2) is 17.1 Å². The maximum atomic E-state index is 11.1. The summed E-state index contributed by atoms with van der Waals surface area (Å²) in [7, 11) is 0. The monoisotopic (exact) mass is 2120 g/mol. The summed E-state index contributed by atoms with van der Waals surface area (Å²) in [4.78, 5) is 6.79. The quantitative estimate of drug-likeness (QED) is 0.0119. The third-order valence-corrected chi connectivity index (χ3v) is 32.9. The minimum atomic E-state index is -0.226. The zero-order chi connectivity index (χ0) is 97.4. The van der Waals surface area contributed by atoms with Gasteiger partial charge in [0, 0.05) is 164 Å². The maximum Gasteiger partial charge on any atom is 2.00 e. The van der Waals surface area contributed by atoms with Gasteiger partial charge in [-0.2, -0.15) is 13.7 Å². The third kappa shape index (κ3) is 32.8. The number of rotatable bonds is 36. The van der Waals surface area contributed by atoms with E-state index in [1.165, 1.54) is 320 Å². The molecule has 0 saturated heterocycles. The van der Waals surface area contributed by atoms with E-state index >= 15 is 0 Å². The fourth-order valence-corrected chi connectivity index (χ4v) is 25.1. The number of hydrogen-bond donors (Lipinski definition) is 3. The molecule has 0 aromatic heterocycles. The third-order valence-electron chi connectivity index (χ3n) is 32.9. The van der Waals surface area contributed by atoms with Crippen molar-refractivity contribution in [3.63, 3.8) is 0 Å². The molecule has 0 bridgehead atoms. The molecule has 6 saturated carbocycles. The van der Waals surface area contributed by atoms with Gasteiger partial charge in [0.05, 0.1) is 16.2 Å². The molecule has 19 rings (SSSR count). The molecule has 12 heteroatoms. The van der Waals surface area contributed by atoms with E-state index in [9.17, 15) is 15.3 Å². The van der Waals surface area contributed by atoms with Crippen LogP contribution in [0.5, 0.6) is 17.2 Å². The molecule has 9 aliphatic rings. The number of benzene rings is 10. The van der Waals surface area contributed by atoms with E-state index in [4.69, 9.17) is 0 Å². The molecule has 6 aliphatic carbocycles. The van der Waals surface area contributed by atoms with Crippen molar-refractivity contribution in [2.75, 3.05) is 73.6 Å². The number of unbranched alkanes of at least 4 members (excludes halogenated alkanes) is 3. The summed E-state index contributed by atoms with van der Waals surface area (Å²) in [5, 5.41) is 40.9. The predicted molar refractivity (Wildman–Crippen MR) is 640 cm³/mol. The molecule has 1 radical (unpaired) electrons. The molecule has 3 N–H and O–H groups in total. The van der Waals surface area contributed by atoms with E-state index in [1.807, 2.05) is 30.3 Å². The van der Waals surface area contributed by atoms with Gasteiger partial charge >= 0.3 is 60.5 Å². The number of fused-ring (bicyclic) bond motifs is 9. The Morgan fingerprint density at radius 2 is 0.554 bits per heavy atom. The number of aromatic hydroxyl groups is 3. The van der Waals surface area contributed by atoms with E-state index < -0.39 is 0 Å². The first-order valence-corrected chi connectivity index (χ1v) is 55.6. The van der Waals surface area contributed by atoms with E-state index in [0.29, 0.717) is 17.2 Å². The first-order valence-electron chi connectivity index (χ1n) is 55.6. The Kier molecular flexibility index (Phi) is 57.7. The van der Waals surface area contributed by atoms with Gasteiger partial charge in [-0.15, -0.1) is 13.2 Å². The van der Waals surface area contributed by atoms with E-state index in [-0.39, 0.29) is 121 Å². The molecule has 3 unspecified atom stereocenters. The molecule has 3 heterocycles. The molecule has 148 heavy (non-hydrogen) atoms. The maximum absolute atomic E-state index is 11.1. The van der Waals surface area contributed by atoms with E-state index in [2.05, 4.69) is 316 Å². The summed E-state index contributed by atoms with van der Waals surface area (Å²) in [6.07, 6.45) is 71.0. The van der Waals surface area contributed by atoms with Gasteiger partial charge in [-0.3, -0.25) is 0 Å². The van der Waals surface area contributed by atoms with Gasteiger partial charge in [0.1, 0.15) is 36.9 Å². The van der Waals surface area contributed by atoms with Crippen molar-refractivity contribution >= 4 is 102 Å². The minimum Gasteiger partial charge on any atom is -0.507 e. The summed E-state index contributed by atoms with van der Waals surface area (Å²) in [5.74, 6) is 3.79. The fourth-order valence-electron chi connectivity index (χ4n) is 25.1. The Hall–Kier alpha value is -8.56. The SMILES string of the molecule is C1CCCC1.C1CCCC1.C1CCCC1.C=CCC1(C)C(/C=C/c2ccc(N(CC)CC)cc2O)=[N+](CCCCC2CCCC2)c2ccc3ccccc3c21.C=CCC1(C)C(/C=C/c2ccc(N(CC)CC)cc2O)=[N+](CCCCC2CCCC2)c2ccc3ccccc3c21.CCN(CC)c1ccc(/C=C/C2=[N+](CCCCC3CCCC3)c3ccc4ccccc4c3C2(C)Cc2ccccc2)c(O)c1.[CH3-].[CH3-].[CH3-].[CH3-].[CH3-].[CH3-].[Cu+2].[Ti+2].[Ti+2]. The molecular formula is C136H191CuN6O3Ti2+3. The van der Waals surface area contributed by atoms with Gasteiger partial charge in [-0.05, 0) is 229 Å². The average Bonchev–Trinajstić information content (AvgIpc) is 1.57. The molecule has 0 spiro atoms. The number of anilines is 3. The topological polar surface area (TPSA) is 79.4 Å². The molecule has 10 aromatic rings. The Balaban J connectivity index is 0.000000352. The van der Waals surface area contributed by atoms with Gasteiger partial charge < -0.3 is 74.6 Å². The predicted octanol–water partition coefficient (Wildman–Crippen LogP) is 37.4. The summed E-state index contributed by atoms with van der Waals surface area (Å²) in [6, 6.07) is 69.5. The van der Waals surface area contributed by atoms with Crippen molar-refractivity contribution in [3.05, 3.63) is 321 Å². The summed E-state index contributed by atoms with van der Waals surface area (Å²) >= 11 is 0. The van der Waals surface area contributed by atoms with Crippen LogP contribution in [-0.2, 0) is 83.2 Å². The van der Waals surface area contributed by atoms with Crippen LogP contribution >= 0.6 is 0 Å². The van der Waals surface area contributed by atoms with Gasteiger partial charge in [-0.25, -0.2) is 0 Å². The van der Waals surface area contributed by atoms with Crippen LogP contribution in [0.3, 0.4) is 0 Å². The zero-order valence-electron chi connectivity index (χ0n) is 94.5. The Labute approximate surface area is 942 Å². The number of hydrogen-bond acceptors (Lipinski definition) is 6. The molecule has 3 aliphatic heterocycles. The van der Waals surface area contributed by atoms with Crippen LogP contribution in [0.15, 0.2) is 238 Å². The number of phenols is 3. The smallest absolute Gasteiger partial charge is 0.507 e. The normalized spacial score (nSPS) is 18.3. The van der Waals surface area contributed by atoms with Gasteiger partial charge in [0.25, 0.3) is 0 Å². The second kappa shape index (κ2) is 65.7. The average molecular weight is 2120 g/mol. The Morgan fingerprint density at radius 1 is 0.304 bits per heavy atom. The second-order valence-corrected chi connectivity index (χ2v) is 42.3. The van der Waals surface area contributed by atoms with Crippen molar-refractivity contribution in [2.24, 2.45) is 17.8 Å². The van der Waals surface area contributed by atoms with Crippen molar-refractivity contribution in [1.29, 1.82) is 0 Å². The van der Waals surface area contributed by atoms with Crippen LogP contribution in [0.1, 0.15) is 345 Å². The first-order chi connectivity index (χ1) is 68.0. The van der Waals surface area contributed by atoms with Crippen molar-refractivity contribution in [1.82, 2.24) is 0 Å². The molecule has 6 fully saturated rings.